The molecule has 2 aromatic rings. The number of hydrogen-bond acceptors (Lipinski definition) is 4. The Morgan fingerprint density at radius 2 is 2.11 bits per heavy atom. The highest BCUT2D eigenvalue weighted by atomic mass is 127. The Kier molecular flexibility index (Phi) is 10.0. The third kappa shape index (κ3) is 7.24. The monoisotopic (exact) mass is 513 g/mol. The van der Waals surface area contributed by atoms with Crippen molar-refractivity contribution >= 4 is 47.0 Å². The van der Waals surface area contributed by atoms with E-state index in [9.17, 15) is 0 Å². The molecule has 0 spiro atoms. The van der Waals surface area contributed by atoms with Crippen molar-refractivity contribution in [1.82, 2.24) is 15.6 Å². The standard InChI is InChI=1S/C21H31N5S.HI/c1-3-22-21(23-13-8-7-11-20-24-17(2)16-27-20)25-18-12-14-26(15-18)19-9-5-4-6-10-19;/h4-6,9-10,16,18H,3,7-8,11-15H2,1-2H3,(H2,22,23,25);1H. The first kappa shape index (κ1) is 22.9. The number of anilines is 1. The van der Waals surface area contributed by atoms with Gasteiger partial charge in [-0.1, -0.05) is 18.2 Å². The van der Waals surface area contributed by atoms with Crippen LogP contribution in [0.25, 0.3) is 0 Å². The second-order valence-corrected chi connectivity index (χ2v) is 7.95. The predicted octanol–water partition coefficient (Wildman–Crippen LogP) is 4.23. The molecule has 0 aliphatic carbocycles. The summed E-state index contributed by atoms with van der Waals surface area (Å²) in [6, 6.07) is 11.1. The number of aromatic nitrogens is 1. The first-order valence-electron chi connectivity index (χ1n) is 10.0. The molecule has 1 fully saturated rings. The highest BCUT2D eigenvalue weighted by molar-refractivity contribution is 14.0. The van der Waals surface area contributed by atoms with Crippen LogP contribution >= 0.6 is 35.3 Å². The summed E-state index contributed by atoms with van der Waals surface area (Å²) >= 11 is 1.77. The van der Waals surface area contributed by atoms with Crippen LogP contribution in [0.4, 0.5) is 5.69 Å². The van der Waals surface area contributed by atoms with Crippen molar-refractivity contribution in [3.8, 4) is 0 Å². The summed E-state index contributed by atoms with van der Waals surface area (Å²) in [6.45, 7) is 8.04. The van der Waals surface area contributed by atoms with Crippen LogP contribution in [-0.4, -0.2) is 43.2 Å². The lowest BCUT2D eigenvalue weighted by molar-refractivity contribution is 0.645. The summed E-state index contributed by atoms with van der Waals surface area (Å²) in [4.78, 5) is 11.7. The van der Waals surface area contributed by atoms with Gasteiger partial charge in [0.1, 0.15) is 0 Å². The van der Waals surface area contributed by atoms with Crippen molar-refractivity contribution in [2.24, 2.45) is 4.99 Å². The lowest BCUT2D eigenvalue weighted by Crippen LogP contribution is -2.44. The van der Waals surface area contributed by atoms with E-state index < -0.39 is 0 Å². The van der Waals surface area contributed by atoms with Crippen LogP contribution in [0.5, 0.6) is 0 Å². The van der Waals surface area contributed by atoms with Crippen molar-refractivity contribution in [3.05, 3.63) is 46.4 Å². The average molecular weight is 513 g/mol. The maximum Gasteiger partial charge on any atom is 0.191 e. The lowest BCUT2D eigenvalue weighted by Gasteiger charge is -2.20. The zero-order chi connectivity index (χ0) is 18.9. The molecule has 1 aliphatic rings. The first-order chi connectivity index (χ1) is 13.2. The molecule has 1 saturated heterocycles. The van der Waals surface area contributed by atoms with Crippen LogP contribution < -0.4 is 15.5 Å². The van der Waals surface area contributed by atoms with Gasteiger partial charge in [0, 0.05) is 49.0 Å². The smallest absolute Gasteiger partial charge is 0.191 e. The maximum absolute atomic E-state index is 4.77. The number of thiazole rings is 1. The fourth-order valence-electron chi connectivity index (χ4n) is 3.36. The minimum atomic E-state index is 0. The van der Waals surface area contributed by atoms with E-state index in [-0.39, 0.29) is 24.0 Å². The molecule has 28 heavy (non-hydrogen) atoms. The normalized spacial score (nSPS) is 16.7. The highest BCUT2D eigenvalue weighted by Crippen LogP contribution is 2.19. The minimum Gasteiger partial charge on any atom is -0.369 e. The second-order valence-electron chi connectivity index (χ2n) is 7.01. The van der Waals surface area contributed by atoms with Gasteiger partial charge >= 0.3 is 0 Å². The molecule has 2 heterocycles. The van der Waals surface area contributed by atoms with E-state index in [1.54, 1.807) is 11.3 Å². The third-order valence-corrected chi connectivity index (χ3v) is 5.76. The molecule has 5 nitrogen and oxygen atoms in total. The van der Waals surface area contributed by atoms with Crippen molar-refractivity contribution in [1.29, 1.82) is 0 Å². The van der Waals surface area contributed by atoms with Crippen LogP contribution in [0.1, 0.15) is 36.9 Å². The van der Waals surface area contributed by atoms with Gasteiger partial charge in [0.2, 0.25) is 0 Å². The van der Waals surface area contributed by atoms with Gasteiger partial charge in [-0.05, 0) is 51.7 Å². The van der Waals surface area contributed by atoms with Gasteiger partial charge in [-0.3, -0.25) is 4.99 Å². The number of rotatable bonds is 8. The van der Waals surface area contributed by atoms with E-state index >= 15 is 0 Å². The Morgan fingerprint density at radius 3 is 2.82 bits per heavy atom. The first-order valence-corrected chi connectivity index (χ1v) is 10.9. The Balaban J connectivity index is 0.00000280. The number of nitrogens with zero attached hydrogens (tertiary/aromatic N) is 3. The number of benzene rings is 1. The summed E-state index contributed by atoms with van der Waals surface area (Å²) in [5.74, 6) is 0.947. The molecule has 1 aliphatic heterocycles. The van der Waals surface area contributed by atoms with Gasteiger partial charge in [-0.2, -0.15) is 0 Å². The van der Waals surface area contributed by atoms with Gasteiger partial charge in [0.15, 0.2) is 5.96 Å². The third-order valence-electron chi connectivity index (χ3n) is 4.73. The number of aliphatic imine (C=N–C) groups is 1. The molecule has 1 aromatic heterocycles. The molecule has 1 unspecified atom stereocenters. The maximum atomic E-state index is 4.77. The number of unbranched alkanes of at least 4 members (excludes halogenated alkanes) is 1. The molecule has 1 aromatic carbocycles. The van der Waals surface area contributed by atoms with Crippen LogP contribution in [0.2, 0.25) is 0 Å². The fraction of sp³-hybridized carbons (Fsp3) is 0.524. The minimum absolute atomic E-state index is 0. The molecule has 2 N–H and O–H groups in total. The van der Waals surface area contributed by atoms with E-state index in [1.807, 2.05) is 0 Å². The quantitative estimate of drug-likeness (QED) is 0.240. The molecule has 0 radical (unpaired) electrons. The fourth-order valence-corrected chi connectivity index (χ4v) is 4.18. The summed E-state index contributed by atoms with van der Waals surface area (Å²) in [6.07, 6.45) is 4.44. The van der Waals surface area contributed by atoms with Crippen LogP contribution in [0.15, 0.2) is 40.7 Å². The zero-order valence-corrected chi connectivity index (χ0v) is 20.0. The van der Waals surface area contributed by atoms with E-state index in [0.29, 0.717) is 6.04 Å². The van der Waals surface area contributed by atoms with Gasteiger partial charge in [0.05, 0.1) is 5.01 Å². The zero-order valence-electron chi connectivity index (χ0n) is 16.9. The number of aryl methyl sites for hydroxylation is 2. The van der Waals surface area contributed by atoms with E-state index in [0.717, 1.165) is 63.5 Å². The Labute approximate surface area is 190 Å². The van der Waals surface area contributed by atoms with E-state index in [4.69, 9.17) is 4.99 Å². The average Bonchev–Trinajstić information content (AvgIpc) is 3.31. The number of halogens is 1. The van der Waals surface area contributed by atoms with E-state index in [2.05, 4.69) is 70.1 Å². The molecule has 1 atom stereocenters. The largest absolute Gasteiger partial charge is 0.369 e. The molecular weight excluding hydrogens is 481 g/mol. The Hall–Kier alpha value is -1.35. The second kappa shape index (κ2) is 12.3. The summed E-state index contributed by atoms with van der Waals surface area (Å²) in [5.41, 5.74) is 2.44. The summed E-state index contributed by atoms with van der Waals surface area (Å²) < 4.78 is 0. The molecule has 0 saturated carbocycles. The number of nitrogens with one attached hydrogen (secondary N) is 2. The lowest BCUT2D eigenvalue weighted by atomic mass is 10.2. The van der Waals surface area contributed by atoms with Gasteiger partial charge in [-0.15, -0.1) is 35.3 Å². The molecule has 7 heteroatoms. The van der Waals surface area contributed by atoms with Crippen molar-refractivity contribution in [2.45, 2.75) is 45.6 Å². The Morgan fingerprint density at radius 1 is 1.29 bits per heavy atom. The van der Waals surface area contributed by atoms with Crippen LogP contribution in [0.3, 0.4) is 0 Å². The molecule has 0 bridgehead atoms. The van der Waals surface area contributed by atoms with Crippen molar-refractivity contribution in [3.63, 3.8) is 0 Å². The SMILES string of the molecule is CCNC(=NCCCCc1nc(C)cs1)NC1CCN(c2ccccc2)C1.I. The summed E-state index contributed by atoms with van der Waals surface area (Å²) in [7, 11) is 0. The topological polar surface area (TPSA) is 52.6 Å². The number of para-hydroxylation sites is 1. The Bertz CT molecular complexity index is 719. The van der Waals surface area contributed by atoms with Gasteiger partial charge < -0.3 is 15.5 Å². The molecule has 3 rings (SSSR count). The number of hydrogen-bond donors (Lipinski definition) is 2. The van der Waals surface area contributed by atoms with Crippen molar-refractivity contribution < 1.29 is 0 Å². The van der Waals surface area contributed by atoms with Gasteiger partial charge in [-0.25, -0.2) is 4.98 Å². The highest BCUT2D eigenvalue weighted by Gasteiger charge is 2.23. The molecule has 0 amide bonds. The van der Waals surface area contributed by atoms with Crippen molar-refractivity contribution in [2.75, 3.05) is 31.1 Å². The van der Waals surface area contributed by atoms with E-state index in [1.165, 1.54) is 10.7 Å². The van der Waals surface area contributed by atoms with Gasteiger partial charge in [0.25, 0.3) is 0 Å². The summed E-state index contributed by atoms with van der Waals surface area (Å²) in [5, 5.41) is 10.4. The molecular formula is C21H32IN5S. The number of guanidine groups is 1. The van der Waals surface area contributed by atoms with Crippen LogP contribution in [0, 0.1) is 6.92 Å². The van der Waals surface area contributed by atoms with Crippen LogP contribution in [-0.2, 0) is 6.42 Å². The predicted molar refractivity (Wildman–Crippen MR) is 131 cm³/mol. The molecule has 154 valence electrons.